The summed E-state index contributed by atoms with van der Waals surface area (Å²) in [5, 5.41) is 19.1. The van der Waals surface area contributed by atoms with Crippen molar-refractivity contribution in [1.82, 2.24) is 19.7 Å². The Kier molecular flexibility index (Phi) is 5.99. The molecule has 1 N–H and O–H groups in total. The third-order valence-corrected chi connectivity index (χ3v) is 4.89. The summed E-state index contributed by atoms with van der Waals surface area (Å²) in [5.41, 5.74) is 0.205. The number of hydrogen-bond donors (Lipinski definition) is 1. The van der Waals surface area contributed by atoms with Gasteiger partial charge in [0.15, 0.2) is 0 Å². The molecule has 28 heavy (non-hydrogen) atoms. The van der Waals surface area contributed by atoms with Gasteiger partial charge in [-0.2, -0.15) is 4.98 Å². The third-order valence-electron chi connectivity index (χ3n) is 4.43. The van der Waals surface area contributed by atoms with E-state index < -0.39 is 4.92 Å². The summed E-state index contributed by atoms with van der Waals surface area (Å²) in [6.07, 6.45) is 2.57. The molecule has 1 atom stereocenters. The molecule has 2 heterocycles. The first kappa shape index (κ1) is 20.3. The van der Waals surface area contributed by atoms with E-state index in [1.54, 1.807) is 6.92 Å². The molecule has 10 nitrogen and oxygen atoms in total. The Bertz CT molecular complexity index is 911. The Morgan fingerprint density at radius 2 is 2.18 bits per heavy atom. The zero-order valence-corrected chi connectivity index (χ0v) is 16.7. The van der Waals surface area contributed by atoms with Gasteiger partial charge in [-0.1, -0.05) is 11.6 Å². The van der Waals surface area contributed by atoms with Gasteiger partial charge in [0.25, 0.3) is 0 Å². The molecule has 3 rings (SSSR count). The van der Waals surface area contributed by atoms with Crippen LogP contribution in [-0.2, 0) is 4.79 Å². The minimum atomic E-state index is -0.515. The zero-order valence-electron chi connectivity index (χ0n) is 15.2. The normalized spacial score (nSPS) is 15.2. The predicted octanol–water partition coefficient (Wildman–Crippen LogP) is 3.37. The first-order chi connectivity index (χ1) is 13.3. The number of Topliss-reactive ketones (excluding diaryl/α,β-unsaturated/α-hetero) is 1. The molecule has 1 saturated carbocycles. The van der Waals surface area contributed by atoms with Crippen molar-refractivity contribution < 1.29 is 14.5 Å². The van der Waals surface area contributed by atoms with Crippen LogP contribution in [0.15, 0.2) is 6.20 Å². The van der Waals surface area contributed by atoms with Gasteiger partial charge in [-0.3, -0.25) is 19.6 Å². The predicted molar refractivity (Wildman–Crippen MR) is 102 cm³/mol. The number of carbonyl (C=O) groups excluding carboxylic acids is 1. The second-order valence-electron chi connectivity index (χ2n) is 6.56. The number of ketones is 1. The van der Waals surface area contributed by atoms with E-state index >= 15 is 0 Å². The molecule has 1 aliphatic carbocycles. The van der Waals surface area contributed by atoms with Crippen molar-refractivity contribution in [2.75, 3.05) is 11.9 Å². The van der Waals surface area contributed by atoms with E-state index in [0.29, 0.717) is 35.8 Å². The second kappa shape index (κ2) is 8.27. The van der Waals surface area contributed by atoms with Gasteiger partial charge in [0, 0.05) is 25.3 Å². The number of carbonyl (C=O) groups is 1. The molecule has 2 aromatic heterocycles. The number of nitrogens with one attached hydrogen (secondary N) is 1. The summed E-state index contributed by atoms with van der Waals surface area (Å²) in [6.45, 7) is 3.67. The van der Waals surface area contributed by atoms with Gasteiger partial charge < -0.3 is 10.1 Å². The summed E-state index contributed by atoms with van der Waals surface area (Å²) in [6, 6.07) is -0.247. The van der Waals surface area contributed by atoms with Crippen molar-refractivity contribution in [3.63, 3.8) is 0 Å². The summed E-state index contributed by atoms with van der Waals surface area (Å²) >= 11 is 11.8. The smallest absolute Gasteiger partial charge is 0.352 e. The van der Waals surface area contributed by atoms with Gasteiger partial charge in [-0.15, -0.1) is 5.10 Å². The van der Waals surface area contributed by atoms with Crippen LogP contribution in [0.3, 0.4) is 0 Å². The zero-order chi connectivity index (χ0) is 20.4. The maximum Gasteiger partial charge on any atom is 0.352 e. The highest BCUT2D eigenvalue weighted by Crippen LogP contribution is 2.36. The van der Waals surface area contributed by atoms with Crippen LogP contribution >= 0.6 is 23.2 Å². The van der Waals surface area contributed by atoms with Crippen LogP contribution < -0.4 is 10.1 Å². The van der Waals surface area contributed by atoms with Gasteiger partial charge in [-0.25, -0.2) is 4.98 Å². The molecular formula is C16H18Cl2N6O4. The lowest BCUT2D eigenvalue weighted by molar-refractivity contribution is -0.386. The van der Waals surface area contributed by atoms with Gasteiger partial charge in [0.1, 0.15) is 22.3 Å². The largest absolute Gasteiger partial charge is 0.472 e. The maximum absolute atomic E-state index is 11.4. The number of halogens is 2. The van der Waals surface area contributed by atoms with E-state index in [1.807, 2.05) is 6.92 Å². The number of rotatable bonds is 8. The molecule has 0 radical (unpaired) electrons. The Hall–Kier alpha value is -2.46. The Morgan fingerprint density at radius 3 is 2.82 bits per heavy atom. The standard InChI is InChI=1S/C16H18Cl2N6O4/c1-8(20-14-12(17)7-19-16(18)21-14)3-4-28-15-13(24(26)27)9(2)23(22-15)10-5-11(25)6-10/h7-8,10H,3-6H2,1-2H3,(H,19,20,21). The quantitative estimate of drug-likeness (QED) is 0.385. The van der Waals surface area contributed by atoms with E-state index in [9.17, 15) is 14.9 Å². The van der Waals surface area contributed by atoms with Crippen molar-refractivity contribution in [1.29, 1.82) is 0 Å². The first-order valence-electron chi connectivity index (χ1n) is 8.58. The van der Waals surface area contributed by atoms with E-state index in [2.05, 4.69) is 20.4 Å². The number of nitro groups is 1. The average molecular weight is 429 g/mol. The van der Waals surface area contributed by atoms with Crippen molar-refractivity contribution in [3.05, 3.63) is 32.3 Å². The SMILES string of the molecule is Cc1c([N+](=O)[O-])c(OCCC(C)Nc2nc(Cl)ncc2Cl)nn1C1CC(=O)C1. The topological polar surface area (TPSA) is 125 Å². The van der Waals surface area contributed by atoms with Gasteiger partial charge in [-0.05, 0) is 25.4 Å². The fraction of sp³-hybridized carbons (Fsp3) is 0.500. The van der Waals surface area contributed by atoms with E-state index in [1.165, 1.54) is 10.9 Å². The molecular weight excluding hydrogens is 411 g/mol. The van der Waals surface area contributed by atoms with Crippen molar-refractivity contribution in [2.45, 2.75) is 45.2 Å². The van der Waals surface area contributed by atoms with E-state index in [-0.39, 0.29) is 41.3 Å². The highest BCUT2D eigenvalue weighted by atomic mass is 35.5. The van der Waals surface area contributed by atoms with Gasteiger partial charge in [0.2, 0.25) is 5.28 Å². The average Bonchev–Trinajstić information content (AvgIpc) is 2.91. The Balaban J connectivity index is 1.62. The molecule has 0 saturated heterocycles. The van der Waals surface area contributed by atoms with Crippen LogP contribution in [0.1, 0.15) is 37.9 Å². The lowest BCUT2D eigenvalue weighted by Crippen LogP contribution is -2.28. The highest BCUT2D eigenvalue weighted by molar-refractivity contribution is 6.33. The van der Waals surface area contributed by atoms with Crippen molar-refractivity contribution >= 4 is 40.5 Å². The molecule has 0 bridgehead atoms. The van der Waals surface area contributed by atoms with Crippen molar-refractivity contribution in [2.24, 2.45) is 0 Å². The van der Waals surface area contributed by atoms with Crippen LogP contribution in [0, 0.1) is 17.0 Å². The van der Waals surface area contributed by atoms with Crippen LogP contribution in [0.5, 0.6) is 5.88 Å². The molecule has 2 aromatic rings. The molecule has 0 aliphatic heterocycles. The molecule has 1 fully saturated rings. The third kappa shape index (κ3) is 4.33. The van der Waals surface area contributed by atoms with Crippen LogP contribution in [-0.4, -0.2) is 43.1 Å². The number of ether oxygens (including phenoxy) is 1. The number of aromatic nitrogens is 4. The van der Waals surface area contributed by atoms with Crippen LogP contribution in [0.25, 0.3) is 0 Å². The summed E-state index contributed by atoms with van der Waals surface area (Å²) < 4.78 is 7.09. The fourth-order valence-electron chi connectivity index (χ4n) is 2.87. The molecule has 12 heteroatoms. The molecule has 0 spiro atoms. The van der Waals surface area contributed by atoms with E-state index in [0.717, 1.165) is 0 Å². The maximum atomic E-state index is 11.4. The van der Waals surface area contributed by atoms with Gasteiger partial charge in [0.05, 0.1) is 23.8 Å². The second-order valence-corrected chi connectivity index (χ2v) is 7.30. The summed E-state index contributed by atoms with van der Waals surface area (Å²) in [7, 11) is 0. The Labute approximate surface area is 170 Å². The minimum absolute atomic E-state index is 0.0443. The number of hydrogen-bond acceptors (Lipinski definition) is 8. The van der Waals surface area contributed by atoms with Gasteiger partial charge >= 0.3 is 11.6 Å². The molecule has 150 valence electrons. The number of anilines is 1. The molecule has 1 aliphatic rings. The summed E-state index contributed by atoms with van der Waals surface area (Å²) in [4.78, 5) is 29.9. The summed E-state index contributed by atoms with van der Waals surface area (Å²) in [5.74, 6) is 0.473. The monoisotopic (exact) mass is 428 g/mol. The highest BCUT2D eigenvalue weighted by Gasteiger charge is 2.35. The molecule has 0 aromatic carbocycles. The fourth-order valence-corrected chi connectivity index (χ4v) is 3.15. The number of nitrogens with zero attached hydrogens (tertiary/aromatic N) is 5. The van der Waals surface area contributed by atoms with E-state index in [4.69, 9.17) is 27.9 Å². The lowest BCUT2D eigenvalue weighted by atomic mass is 9.91. The Morgan fingerprint density at radius 1 is 1.46 bits per heavy atom. The van der Waals surface area contributed by atoms with Crippen molar-refractivity contribution in [3.8, 4) is 5.88 Å². The molecule has 1 unspecified atom stereocenters. The van der Waals surface area contributed by atoms with Crippen LogP contribution in [0.4, 0.5) is 11.5 Å². The molecule has 0 amide bonds. The van der Waals surface area contributed by atoms with Crippen LogP contribution in [0.2, 0.25) is 10.3 Å². The first-order valence-corrected chi connectivity index (χ1v) is 9.34. The minimum Gasteiger partial charge on any atom is -0.472 e. The lowest BCUT2D eigenvalue weighted by Gasteiger charge is -2.24.